The van der Waals surface area contributed by atoms with Crippen molar-refractivity contribution in [1.29, 1.82) is 0 Å². The van der Waals surface area contributed by atoms with Crippen LogP contribution in [-0.4, -0.2) is 17.5 Å². The number of carbonyl (C=O) groups excluding carboxylic acids is 2. The summed E-state index contributed by atoms with van der Waals surface area (Å²) in [6, 6.07) is 15.1. The van der Waals surface area contributed by atoms with Gasteiger partial charge in [0.15, 0.2) is 0 Å². The van der Waals surface area contributed by atoms with Crippen LogP contribution in [0.1, 0.15) is 23.0 Å². The Morgan fingerprint density at radius 3 is 2.37 bits per heavy atom. The molecule has 2 N–H and O–H groups in total. The molecule has 0 bridgehead atoms. The molecule has 0 saturated heterocycles. The summed E-state index contributed by atoms with van der Waals surface area (Å²) in [5, 5.41) is 6.40. The van der Waals surface area contributed by atoms with E-state index in [0.717, 1.165) is 5.56 Å². The van der Waals surface area contributed by atoms with Crippen LogP contribution in [0.3, 0.4) is 0 Å². The quantitative estimate of drug-likeness (QED) is 0.569. The molecule has 0 fully saturated rings. The number of hydrogen-bond acceptors (Lipinski definition) is 4. The number of nitrogens with two attached hydrogens (primary N) is 1. The standard InChI is InChI=1S/C22H15Cl2N3O3/c1-12-19(22(29)27(26-12)17-9-15(23)8-16(24)10-17)11-18-6-7-20(30-18)13-2-4-14(5-3-13)21(25)28/h2-11H,1H3,(H2,25,28). The van der Waals surface area contributed by atoms with Crippen LogP contribution in [0.25, 0.3) is 17.4 Å². The second-order valence-electron chi connectivity index (χ2n) is 6.63. The van der Waals surface area contributed by atoms with Gasteiger partial charge in [-0.25, -0.2) is 0 Å². The zero-order valence-electron chi connectivity index (χ0n) is 15.7. The van der Waals surface area contributed by atoms with Crippen LogP contribution in [0.5, 0.6) is 0 Å². The van der Waals surface area contributed by atoms with E-state index in [9.17, 15) is 9.59 Å². The third-order valence-corrected chi connectivity index (χ3v) is 4.96. The molecule has 0 aliphatic carbocycles. The highest BCUT2D eigenvalue weighted by molar-refractivity contribution is 6.36. The highest BCUT2D eigenvalue weighted by Gasteiger charge is 2.29. The zero-order valence-corrected chi connectivity index (χ0v) is 17.2. The van der Waals surface area contributed by atoms with Gasteiger partial charge in [0.2, 0.25) is 5.91 Å². The zero-order chi connectivity index (χ0) is 21.4. The molecule has 2 aromatic carbocycles. The molecule has 150 valence electrons. The Bertz CT molecular complexity index is 1210. The van der Waals surface area contributed by atoms with Gasteiger partial charge in [-0.2, -0.15) is 10.1 Å². The minimum absolute atomic E-state index is 0.311. The first-order chi connectivity index (χ1) is 14.3. The first kappa shape index (κ1) is 19.9. The normalized spacial score (nSPS) is 15.0. The number of amides is 2. The number of furan rings is 1. The van der Waals surface area contributed by atoms with Crippen molar-refractivity contribution in [2.45, 2.75) is 6.92 Å². The Labute approximate surface area is 182 Å². The highest BCUT2D eigenvalue weighted by atomic mass is 35.5. The van der Waals surface area contributed by atoms with E-state index in [-0.39, 0.29) is 5.91 Å². The molecule has 1 aliphatic heterocycles. The maximum Gasteiger partial charge on any atom is 0.280 e. The lowest BCUT2D eigenvalue weighted by Gasteiger charge is -2.12. The number of anilines is 1. The number of hydrazone groups is 1. The van der Waals surface area contributed by atoms with Crippen LogP contribution < -0.4 is 10.7 Å². The van der Waals surface area contributed by atoms with Crippen LogP contribution in [-0.2, 0) is 4.79 Å². The predicted octanol–water partition coefficient (Wildman–Crippen LogP) is 5.16. The van der Waals surface area contributed by atoms with Crippen molar-refractivity contribution in [1.82, 2.24) is 0 Å². The van der Waals surface area contributed by atoms with E-state index in [1.165, 1.54) is 5.01 Å². The van der Waals surface area contributed by atoms with Crippen LogP contribution >= 0.6 is 23.2 Å². The Kier molecular flexibility index (Phi) is 5.20. The van der Waals surface area contributed by atoms with E-state index in [1.54, 1.807) is 67.6 Å². The van der Waals surface area contributed by atoms with Gasteiger partial charge in [0.1, 0.15) is 11.5 Å². The van der Waals surface area contributed by atoms with Crippen LogP contribution in [0, 0.1) is 0 Å². The van der Waals surface area contributed by atoms with Crippen LogP contribution in [0.2, 0.25) is 10.0 Å². The number of halogens is 2. The van der Waals surface area contributed by atoms with Crippen molar-refractivity contribution in [3.8, 4) is 11.3 Å². The van der Waals surface area contributed by atoms with Crippen LogP contribution in [0.15, 0.2) is 69.7 Å². The molecule has 6 nitrogen and oxygen atoms in total. The summed E-state index contributed by atoms with van der Waals surface area (Å²) < 4.78 is 5.85. The van der Waals surface area contributed by atoms with Crippen LogP contribution in [0.4, 0.5) is 5.69 Å². The van der Waals surface area contributed by atoms with E-state index in [2.05, 4.69) is 5.10 Å². The third-order valence-electron chi connectivity index (χ3n) is 4.52. The number of benzene rings is 2. The van der Waals surface area contributed by atoms with Crippen molar-refractivity contribution < 1.29 is 14.0 Å². The van der Waals surface area contributed by atoms with E-state index in [0.29, 0.717) is 44.1 Å². The molecule has 8 heteroatoms. The van der Waals surface area contributed by atoms with E-state index >= 15 is 0 Å². The molecule has 0 unspecified atom stereocenters. The summed E-state index contributed by atoms with van der Waals surface area (Å²) >= 11 is 12.1. The number of rotatable bonds is 4. The Balaban J connectivity index is 1.60. The monoisotopic (exact) mass is 439 g/mol. The molecule has 0 spiro atoms. The molecule has 0 saturated carbocycles. The molecule has 0 radical (unpaired) electrons. The fourth-order valence-electron chi connectivity index (χ4n) is 3.05. The predicted molar refractivity (Wildman–Crippen MR) is 118 cm³/mol. The van der Waals surface area contributed by atoms with Gasteiger partial charge >= 0.3 is 0 Å². The molecular formula is C22H15Cl2N3O3. The van der Waals surface area contributed by atoms with E-state index < -0.39 is 5.91 Å². The molecular weight excluding hydrogens is 425 g/mol. The molecule has 1 aliphatic rings. The second-order valence-corrected chi connectivity index (χ2v) is 7.50. The maximum absolute atomic E-state index is 12.9. The lowest BCUT2D eigenvalue weighted by Crippen LogP contribution is -2.21. The summed E-state index contributed by atoms with van der Waals surface area (Å²) in [5.41, 5.74) is 7.88. The lowest BCUT2D eigenvalue weighted by atomic mass is 10.1. The van der Waals surface area contributed by atoms with Crippen molar-refractivity contribution in [3.05, 3.63) is 81.5 Å². The molecule has 30 heavy (non-hydrogen) atoms. The van der Waals surface area contributed by atoms with Gasteiger partial charge in [0.05, 0.1) is 17.0 Å². The second kappa shape index (κ2) is 7.82. The van der Waals surface area contributed by atoms with E-state index in [1.807, 2.05) is 0 Å². The Hall–Kier alpha value is -3.35. The van der Waals surface area contributed by atoms with Gasteiger partial charge in [-0.05, 0) is 55.5 Å². The SMILES string of the molecule is CC1=NN(c2cc(Cl)cc(Cl)c2)C(=O)C1=Cc1ccc(-c2ccc(C(N)=O)cc2)o1. The minimum Gasteiger partial charge on any atom is -0.457 e. The molecule has 0 atom stereocenters. The minimum atomic E-state index is -0.494. The van der Waals surface area contributed by atoms with Gasteiger partial charge < -0.3 is 10.2 Å². The fraction of sp³-hybridized carbons (Fsp3) is 0.0455. The molecule has 2 heterocycles. The summed E-state index contributed by atoms with van der Waals surface area (Å²) in [5.74, 6) is 0.283. The van der Waals surface area contributed by atoms with Gasteiger partial charge in [0, 0.05) is 21.2 Å². The topological polar surface area (TPSA) is 88.9 Å². The summed E-state index contributed by atoms with van der Waals surface area (Å²) in [6.45, 7) is 1.74. The number of hydrogen-bond donors (Lipinski definition) is 1. The first-order valence-electron chi connectivity index (χ1n) is 8.90. The molecule has 1 aromatic heterocycles. The van der Waals surface area contributed by atoms with Crippen molar-refractivity contribution in [3.63, 3.8) is 0 Å². The average Bonchev–Trinajstić information content (AvgIpc) is 3.27. The largest absolute Gasteiger partial charge is 0.457 e. The van der Waals surface area contributed by atoms with Gasteiger partial charge in [0.25, 0.3) is 5.91 Å². The summed E-state index contributed by atoms with van der Waals surface area (Å²) in [6.07, 6.45) is 1.63. The summed E-state index contributed by atoms with van der Waals surface area (Å²) in [7, 11) is 0. The first-order valence-corrected chi connectivity index (χ1v) is 9.65. The van der Waals surface area contributed by atoms with E-state index in [4.69, 9.17) is 33.4 Å². The Morgan fingerprint density at radius 1 is 1.07 bits per heavy atom. The molecule has 3 aromatic rings. The third kappa shape index (κ3) is 3.87. The van der Waals surface area contributed by atoms with Gasteiger partial charge in [-0.1, -0.05) is 35.3 Å². The van der Waals surface area contributed by atoms with Crippen molar-refractivity contribution in [2.24, 2.45) is 10.8 Å². The lowest BCUT2D eigenvalue weighted by molar-refractivity contribution is -0.114. The number of nitrogens with zero attached hydrogens (tertiary/aromatic N) is 2. The highest BCUT2D eigenvalue weighted by Crippen LogP contribution is 2.31. The maximum atomic E-state index is 12.9. The average molecular weight is 440 g/mol. The molecule has 4 rings (SSSR count). The number of primary amides is 1. The van der Waals surface area contributed by atoms with Crippen molar-refractivity contribution >= 4 is 52.5 Å². The smallest absolute Gasteiger partial charge is 0.280 e. The van der Waals surface area contributed by atoms with Gasteiger partial charge in [-0.15, -0.1) is 0 Å². The fourth-order valence-corrected chi connectivity index (χ4v) is 3.56. The van der Waals surface area contributed by atoms with Gasteiger partial charge in [-0.3, -0.25) is 9.59 Å². The van der Waals surface area contributed by atoms with Crippen molar-refractivity contribution in [2.75, 3.05) is 5.01 Å². The number of carbonyl (C=O) groups is 2. The summed E-state index contributed by atoms with van der Waals surface area (Å²) in [4.78, 5) is 24.1. The Morgan fingerprint density at radius 2 is 1.73 bits per heavy atom. The molecule has 2 amide bonds.